The van der Waals surface area contributed by atoms with Gasteiger partial charge in [0.05, 0.1) is 11.2 Å². The van der Waals surface area contributed by atoms with Crippen molar-refractivity contribution in [1.82, 2.24) is 19.1 Å². The van der Waals surface area contributed by atoms with Crippen molar-refractivity contribution in [3.63, 3.8) is 0 Å². The molecule has 10 heteroatoms. The van der Waals surface area contributed by atoms with Crippen LogP contribution in [-0.2, 0) is 16.4 Å². The van der Waals surface area contributed by atoms with Crippen molar-refractivity contribution in [2.75, 3.05) is 6.54 Å². The van der Waals surface area contributed by atoms with Crippen molar-refractivity contribution in [3.8, 4) is 0 Å². The molecule has 3 aromatic rings. The molecule has 0 radical (unpaired) electrons. The Morgan fingerprint density at radius 2 is 2.30 bits per heavy atom. The Morgan fingerprint density at radius 3 is 3.05 bits per heavy atom. The molecule has 0 bridgehead atoms. The lowest BCUT2D eigenvalue weighted by Gasteiger charge is -2.05. The molecule has 3 rings (SSSR count). The predicted octanol–water partition coefficient (Wildman–Crippen LogP) is 2.03. The summed E-state index contributed by atoms with van der Waals surface area (Å²) in [7, 11) is -3.70. The number of aromatic nitrogens is 3. The topological polar surface area (TPSA) is 76.4 Å². The van der Waals surface area contributed by atoms with E-state index in [1.165, 1.54) is 27.1 Å². The molecular formula is C10H9ClN4O2S3. The predicted molar refractivity (Wildman–Crippen MR) is 79.1 cm³/mol. The first-order valence-electron chi connectivity index (χ1n) is 5.56. The number of halogens is 1. The molecule has 0 aliphatic rings. The third kappa shape index (κ3) is 2.59. The molecule has 0 aliphatic heterocycles. The van der Waals surface area contributed by atoms with Gasteiger partial charge in [-0.05, 0) is 0 Å². The first-order valence-corrected chi connectivity index (χ1v) is 9.24. The van der Waals surface area contributed by atoms with Gasteiger partial charge in [0.1, 0.15) is 0 Å². The Morgan fingerprint density at radius 1 is 1.45 bits per heavy atom. The molecule has 0 saturated heterocycles. The molecule has 0 aliphatic carbocycles. The van der Waals surface area contributed by atoms with Crippen LogP contribution < -0.4 is 4.72 Å². The van der Waals surface area contributed by atoms with Gasteiger partial charge in [0.15, 0.2) is 15.1 Å². The lowest BCUT2D eigenvalue weighted by atomic mass is 10.3. The van der Waals surface area contributed by atoms with Crippen molar-refractivity contribution in [1.29, 1.82) is 0 Å². The van der Waals surface area contributed by atoms with E-state index in [1.54, 1.807) is 17.1 Å². The van der Waals surface area contributed by atoms with Crippen molar-refractivity contribution in [2.45, 2.75) is 11.4 Å². The van der Waals surface area contributed by atoms with E-state index in [0.717, 1.165) is 5.69 Å². The number of thiazole rings is 2. The number of hydrogen-bond donors (Lipinski definition) is 1. The van der Waals surface area contributed by atoms with Crippen LogP contribution in [0.2, 0.25) is 5.15 Å². The van der Waals surface area contributed by atoms with E-state index < -0.39 is 10.0 Å². The molecule has 0 fully saturated rings. The normalized spacial score (nSPS) is 12.2. The highest BCUT2D eigenvalue weighted by atomic mass is 35.5. The molecule has 0 saturated carbocycles. The minimum Gasteiger partial charge on any atom is -0.279 e. The lowest BCUT2D eigenvalue weighted by molar-refractivity contribution is 0.576. The van der Waals surface area contributed by atoms with E-state index in [4.69, 9.17) is 11.6 Å². The number of rotatable bonds is 5. The average molecular weight is 349 g/mol. The average Bonchev–Trinajstić information content (AvgIpc) is 3.04. The van der Waals surface area contributed by atoms with Crippen LogP contribution in [0.15, 0.2) is 27.5 Å². The van der Waals surface area contributed by atoms with E-state index >= 15 is 0 Å². The van der Waals surface area contributed by atoms with Gasteiger partial charge in [-0.25, -0.2) is 23.1 Å². The zero-order valence-corrected chi connectivity index (χ0v) is 13.2. The van der Waals surface area contributed by atoms with Crippen molar-refractivity contribution < 1.29 is 8.42 Å². The van der Waals surface area contributed by atoms with Crippen LogP contribution in [-0.4, -0.2) is 29.3 Å². The number of nitrogens with one attached hydrogen (secondary N) is 1. The van der Waals surface area contributed by atoms with Crippen molar-refractivity contribution in [3.05, 3.63) is 33.3 Å². The van der Waals surface area contributed by atoms with E-state index in [-0.39, 0.29) is 16.7 Å². The maximum atomic E-state index is 12.3. The molecule has 3 heterocycles. The third-order valence-electron chi connectivity index (χ3n) is 2.59. The smallest absolute Gasteiger partial charge is 0.259 e. The molecule has 106 valence electrons. The summed E-state index contributed by atoms with van der Waals surface area (Å²) in [6, 6.07) is 0. The maximum absolute atomic E-state index is 12.3. The van der Waals surface area contributed by atoms with Crippen LogP contribution in [0.1, 0.15) is 5.69 Å². The third-order valence-corrected chi connectivity index (χ3v) is 5.84. The number of sulfonamides is 1. The number of nitrogens with zero attached hydrogens (tertiary/aromatic N) is 3. The van der Waals surface area contributed by atoms with Gasteiger partial charge in [-0.2, -0.15) is 0 Å². The summed E-state index contributed by atoms with van der Waals surface area (Å²) in [4.78, 5) is 8.66. The molecule has 0 spiro atoms. The Labute approximate surface area is 128 Å². The SMILES string of the molecule is O=S(=O)(NCCc1cscn1)c1c(Cl)nc2sccn12. The monoisotopic (exact) mass is 348 g/mol. The molecule has 0 atom stereocenters. The zero-order chi connectivity index (χ0) is 14.2. The molecule has 0 unspecified atom stereocenters. The minimum absolute atomic E-state index is 0.0157. The highest BCUT2D eigenvalue weighted by Gasteiger charge is 2.24. The summed E-state index contributed by atoms with van der Waals surface area (Å²) < 4.78 is 28.6. The number of fused-ring (bicyclic) bond motifs is 1. The molecule has 3 aromatic heterocycles. The number of imidazole rings is 1. The van der Waals surface area contributed by atoms with Crippen LogP contribution in [0.4, 0.5) is 0 Å². The fraction of sp³-hybridized carbons (Fsp3) is 0.200. The largest absolute Gasteiger partial charge is 0.279 e. The Hall–Kier alpha value is -1.00. The van der Waals surface area contributed by atoms with Gasteiger partial charge in [0.2, 0.25) is 0 Å². The van der Waals surface area contributed by atoms with Gasteiger partial charge < -0.3 is 0 Å². The van der Waals surface area contributed by atoms with E-state index in [2.05, 4.69) is 14.7 Å². The first-order chi connectivity index (χ1) is 9.58. The second-order valence-corrected chi connectivity index (χ2v) is 7.52. The quantitative estimate of drug-likeness (QED) is 0.765. The molecule has 6 nitrogen and oxygen atoms in total. The fourth-order valence-corrected chi connectivity index (χ4v) is 4.79. The number of hydrogen-bond acceptors (Lipinski definition) is 6. The Kier molecular flexibility index (Phi) is 3.78. The summed E-state index contributed by atoms with van der Waals surface area (Å²) in [5.74, 6) is 0. The summed E-state index contributed by atoms with van der Waals surface area (Å²) in [6.07, 6.45) is 2.17. The van der Waals surface area contributed by atoms with Gasteiger partial charge in [0.25, 0.3) is 10.0 Å². The highest BCUT2D eigenvalue weighted by molar-refractivity contribution is 7.89. The van der Waals surface area contributed by atoms with E-state index in [1.807, 2.05) is 5.38 Å². The second kappa shape index (κ2) is 5.41. The zero-order valence-electron chi connectivity index (χ0n) is 9.98. The molecule has 0 amide bonds. The lowest BCUT2D eigenvalue weighted by Crippen LogP contribution is -2.27. The minimum atomic E-state index is -3.70. The van der Waals surface area contributed by atoms with Crippen LogP contribution in [0.3, 0.4) is 0 Å². The van der Waals surface area contributed by atoms with Gasteiger partial charge in [0, 0.05) is 29.9 Å². The molecule has 1 N–H and O–H groups in total. The highest BCUT2D eigenvalue weighted by Crippen LogP contribution is 2.25. The Bertz CT molecular complexity index is 822. The standard InChI is InChI=1S/C10H9ClN4O2S3/c11-8-9(15-3-4-19-10(15)14-8)20(16,17)13-2-1-7-5-18-6-12-7/h3-6,13H,1-2H2. The van der Waals surface area contributed by atoms with Crippen LogP contribution in [0.25, 0.3) is 4.96 Å². The first kappa shape index (κ1) is 14.0. The summed E-state index contributed by atoms with van der Waals surface area (Å²) in [5, 5.41) is 3.61. The van der Waals surface area contributed by atoms with Crippen LogP contribution >= 0.6 is 34.3 Å². The van der Waals surface area contributed by atoms with Gasteiger partial charge in [-0.1, -0.05) is 11.6 Å². The summed E-state index contributed by atoms with van der Waals surface area (Å²) in [6.45, 7) is 0.264. The van der Waals surface area contributed by atoms with Crippen molar-refractivity contribution >= 4 is 49.3 Å². The molecule has 20 heavy (non-hydrogen) atoms. The second-order valence-electron chi connectivity index (χ2n) is 3.89. The van der Waals surface area contributed by atoms with Gasteiger partial charge in [-0.15, -0.1) is 22.7 Å². The summed E-state index contributed by atoms with van der Waals surface area (Å²) in [5.41, 5.74) is 2.57. The fourth-order valence-electron chi connectivity index (χ4n) is 1.72. The maximum Gasteiger partial charge on any atom is 0.259 e. The van der Waals surface area contributed by atoms with Crippen LogP contribution in [0.5, 0.6) is 0 Å². The van der Waals surface area contributed by atoms with Crippen molar-refractivity contribution in [2.24, 2.45) is 0 Å². The van der Waals surface area contributed by atoms with E-state index in [0.29, 0.717) is 11.4 Å². The molecule has 0 aromatic carbocycles. The summed E-state index contributed by atoms with van der Waals surface area (Å²) >= 11 is 8.72. The molecular weight excluding hydrogens is 340 g/mol. The van der Waals surface area contributed by atoms with Gasteiger partial charge >= 0.3 is 0 Å². The van der Waals surface area contributed by atoms with E-state index in [9.17, 15) is 8.42 Å². The van der Waals surface area contributed by atoms with Crippen LogP contribution in [0, 0.1) is 0 Å². The van der Waals surface area contributed by atoms with Gasteiger partial charge in [-0.3, -0.25) is 4.40 Å². The Balaban J connectivity index is 1.81.